The lowest BCUT2D eigenvalue weighted by atomic mass is 10.0. The topological polar surface area (TPSA) is 12.0 Å². The van der Waals surface area contributed by atoms with Gasteiger partial charge in [-0.3, -0.25) is 0 Å². The summed E-state index contributed by atoms with van der Waals surface area (Å²) in [5.41, 5.74) is 2.77. The third-order valence-electron chi connectivity index (χ3n) is 4.27. The number of nitrogens with one attached hydrogen (secondary N) is 1. The summed E-state index contributed by atoms with van der Waals surface area (Å²) in [5, 5.41) is 6.36. The lowest BCUT2D eigenvalue weighted by molar-refractivity contribution is 0.531. The van der Waals surface area contributed by atoms with Crippen LogP contribution in [0.3, 0.4) is 0 Å². The van der Waals surface area contributed by atoms with Crippen LogP contribution in [0.15, 0.2) is 48.5 Å². The van der Waals surface area contributed by atoms with Crippen molar-refractivity contribution in [3.8, 4) is 0 Å². The zero-order chi connectivity index (χ0) is 14.2. The molecule has 0 aliphatic heterocycles. The van der Waals surface area contributed by atoms with E-state index in [2.05, 4.69) is 53.8 Å². The number of rotatable bonds is 3. The van der Waals surface area contributed by atoms with E-state index in [9.17, 15) is 0 Å². The summed E-state index contributed by atoms with van der Waals surface area (Å²) in [6.45, 7) is 0.902. The number of thiophene rings is 1. The zero-order valence-electron chi connectivity index (χ0n) is 11.6. The Morgan fingerprint density at radius 3 is 2.95 bits per heavy atom. The molecule has 0 saturated heterocycles. The molecule has 1 aliphatic rings. The Hall–Kier alpha value is -1.35. The summed E-state index contributed by atoms with van der Waals surface area (Å²) in [6, 6.07) is 17.7. The number of aryl methyl sites for hydroxylation is 1. The second kappa shape index (κ2) is 5.45. The van der Waals surface area contributed by atoms with Gasteiger partial charge in [0.2, 0.25) is 0 Å². The van der Waals surface area contributed by atoms with Crippen LogP contribution in [0.25, 0.3) is 10.8 Å². The van der Waals surface area contributed by atoms with Crippen molar-refractivity contribution in [2.75, 3.05) is 0 Å². The molecule has 1 aromatic heterocycles. The molecule has 1 nitrogen and oxygen atoms in total. The third-order valence-corrected chi connectivity index (χ3v) is 5.61. The molecule has 0 spiro atoms. The van der Waals surface area contributed by atoms with Crippen LogP contribution in [0, 0.1) is 0 Å². The number of benzene rings is 2. The largest absolute Gasteiger partial charge is 0.306 e. The van der Waals surface area contributed by atoms with Gasteiger partial charge in [-0.2, -0.15) is 0 Å². The zero-order valence-corrected chi connectivity index (χ0v) is 13.2. The van der Waals surface area contributed by atoms with Crippen LogP contribution in [0.5, 0.6) is 0 Å². The molecule has 0 radical (unpaired) electrons. The Bertz CT molecular complexity index is 788. The first-order valence-corrected chi connectivity index (χ1v) is 8.49. The summed E-state index contributed by atoms with van der Waals surface area (Å²) >= 11 is 7.86. The van der Waals surface area contributed by atoms with E-state index in [0.29, 0.717) is 6.04 Å². The van der Waals surface area contributed by atoms with Crippen LogP contribution in [0.4, 0.5) is 0 Å². The van der Waals surface area contributed by atoms with E-state index in [1.807, 2.05) is 0 Å². The van der Waals surface area contributed by atoms with E-state index in [0.717, 1.165) is 17.3 Å². The summed E-state index contributed by atoms with van der Waals surface area (Å²) < 4.78 is 0.914. The molecule has 1 aliphatic carbocycles. The molecule has 0 fully saturated rings. The van der Waals surface area contributed by atoms with Gasteiger partial charge in [-0.15, -0.1) is 11.3 Å². The van der Waals surface area contributed by atoms with E-state index in [1.165, 1.54) is 33.2 Å². The third kappa shape index (κ3) is 2.48. The smallest absolute Gasteiger partial charge is 0.0934 e. The number of fused-ring (bicyclic) bond motifs is 2. The lowest BCUT2D eigenvalue weighted by Crippen LogP contribution is -2.18. The Morgan fingerprint density at radius 2 is 2.00 bits per heavy atom. The minimum Gasteiger partial charge on any atom is -0.306 e. The highest BCUT2D eigenvalue weighted by atomic mass is 35.5. The van der Waals surface area contributed by atoms with Crippen molar-refractivity contribution >= 4 is 33.7 Å². The Morgan fingerprint density at radius 1 is 1.14 bits per heavy atom. The van der Waals surface area contributed by atoms with Crippen LogP contribution < -0.4 is 5.32 Å². The maximum absolute atomic E-state index is 6.13. The number of halogens is 1. The van der Waals surface area contributed by atoms with Gasteiger partial charge in [-0.05, 0) is 40.8 Å². The first-order valence-electron chi connectivity index (χ1n) is 7.29. The van der Waals surface area contributed by atoms with Crippen molar-refractivity contribution in [3.63, 3.8) is 0 Å². The van der Waals surface area contributed by atoms with Gasteiger partial charge in [0.15, 0.2) is 0 Å². The van der Waals surface area contributed by atoms with Gasteiger partial charge in [-0.25, -0.2) is 0 Å². The highest BCUT2D eigenvalue weighted by molar-refractivity contribution is 7.16. The average Bonchev–Trinajstić information content (AvgIpc) is 3.04. The number of hydrogen-bond acceptors (Lipinski definition) is 2. The molecule has 3 aromatic rings. The normalized spacial score (nSPS) is 17.3. The fraction of sp³-hybridized carbons (Fsp3) is 0.222. The van der Waals surface area contributed by atoms with Gasteiger partial charge in [0.1, 0.15) is 0 Å². The van der Waals surface area contributed by atoms with Crippen LogP contribution in [0.2, 0.25) is 4.34 Å². The molecule has 21 heavy (non-hydrogen) atoms. The van der Waals surface area contributed by atoms with Crippen molar-refractivity contribution in [3.05, 3.63) is 68.9 Å². The summed E-state index contributed by atoms with van der Waals surface area (Å²) in [7, 11) is 0. The fourth-order valence-corrected chi connectivity index (χ4v) is 4.58. The molecule has 1 N–H and O–H groups in total. The molecule has 4 rings (SSSR count). The highest BCUT2D eigenvalue weighted by Gasteiger charge is 2.24. The van der Waals surface area contributed by atoms with Crippen molar-refractivity contribution < 1.29 is 0 Å². The predicted molar refractivity (Wildman–Crippen MR) is 91.2 cm³/mol. The van der Waals surface area contributed by atoms with Crippen molar-refractivity contribution in [1.29, 1.82) is 0 Å². The molecule has 0 bridgehead atoms. The molecule has 1 atom stereocenters. The molecule has 106 valence electrons. The van der Waals surface area contributed by atoms with Gasteiger partial charge in [0.05, 0.1) is 4.34 Å². The molecular weight excluding hydrogens is 298 g/mol. The van der Waals surface area contributed by atoms with Gasteiger partial charge >= 0.3 is 0 Å². The van der Waals surface area contributed by atoms with E-state index >= 15 is 0 Å². The fourth-order valence-electron chi connectivity index (χ4n) is 3.22. The van der Waals surface area contributed by atoms with Crippen LogP contribution in [0.1, 0.15) is 28.5 Å². The molecule has 1 unspecified atom stereocenters. The van der Waals surface area contributed by atoms with Gasteiger partial charge in [0, 0.05) is 17.5 Å². The van der Waals surface area contributed by atoms with Crippen molar-refractivity contribution in [1.82, 2.24) is 5.32 Å². The Labute approximate surface area is 133 Å². The van der Waals surface area contributed by atoms with E-state index in [1.54, 1.807) is 11.3 Å². The van der Waals surface area contributed by atoms with Crippen LogP contribution >= 0.6 is 22.9 Å². The monoisotopic (exact) mass is 313 g/mol. The Balaban J connectivity index is 1.57. The SMILES string of the molecule is Clc1cc2c(s1)CCC2NCc1cccc2ccccc12. The molecule has 0 saturated carbocycles. The summed E-state index contributed by atoms with van der Waals surface area (Å²) in [6.07, 6.45) is 2.34. The van der Waals surface area contributed by atoms with E-state index < -0.39 is 0 Å². The van der Waals surface area contributed by atoms with Gasteiger partial charge in [-0.1, -0.05) is 54.1 Å². The van der Waals surface area contributed by atoms with Gasteiger partial charge in [0.25, 0.3) is 0 Å². The maximum atomic E-state index is 6.13. The predicted octanol–water partition coefficient (Wildman–Crippen LogP) is 5.33. The minimum absolute atomic E-state index is 0.447. The number of hydrogen-bond donors (Lipinski definition) is 1. The Kier molecular flexibility index (Phi) is 3.46. The van der Waals surface area contributed by atoms with Crippen LogP contribution in [-0.2, 0) is 13.0 Å². The van der Waals surface area contributed by atoms with Crippen molar-refractivity contribution in [2.45, 2.75) is 25.4 Å². The second-order valence-electron chi connectivity index (χ2n) is 5.54. The van der Waals surface area contributed by atoms with E-state index in [-0.39, 0.29) is 0 Å². The minimum atomic E-state index is 0.447. The maximum Gasteiger partial charge on any atom is 0.0934 e. The molecule has 3 heteroatoms. The average molecular weight is 314 g/mol. The standard InChI is InChI=1S/C18H16ClNS/c19-18-10-15-16(8-9-17(15)21-18)20-11-13-6-3-5-12-4-1-2-7-14(12)13/h1-7,10,16,20H,8-9,11H2. The van der Waals surface area contributed by atoms with E-state index in [4.69, 9.17) is 11.6 Å². The van der Waals surface area contributed by atoms with Crippen LogP contribution in [-0.4, -0.2) is 0 Å². The summed E-state index contributed by atoms with van der Waals surface area (Å²) in [4.78, 5) is 1.45. The summed E-state index contributed by atoms with van der Waals surface area (Å²) in [5.74, 6) is 0. The first kappa shape index (κ1) is 13.3. The van der Waals surface area contributed by atoms with Gasteiger partial charge < -0.3 is 5.32 Å². The molecular formula is C18H16ClNS. The second-order valence-corrected chi connectivity index (χ2v) is 7.31. The first-order chi connectivity index (χ1) is 10.3. The highest BCUT2D eigenvalue weighted by Crippen LogP contribution is 2.39. The molecule has 0 amide bonds. The van der Waals surface area contributed by atoms with Crippen molar-refractivity contribution in [2.24, 2.45) is 0 Å². The quantitative estimate of drug-likeness (QED) is 0.689. The lowest BCUT2D eigenvalue weighted by Gasteiger charge is -2.14. The molecule has 1 heterocycles. The molecule has 2 aromatic carbocycles.